The fourth-order valence-electron chi connectivity index (χ4n) is 3.28. The number of ether oxygens (including phenoxy) is 2. The maximum absolute atomic E-state index is 12.4. The van der Waals surface area contributed by atoms with E-state index in [4.69, 9.17) is 9.47 Å². The molecule has 0 bridgehead atoms. The largest absolute Gasteiger partial charge is 0.489 e. The van der Waals surface area contributed by atoms with Gasteiger partial charge < -0.3 is 9.47 Å². The molecule has 0 spiro atoms. The maximum atomic E-state index is 12.4. The van der Waals surface area contributed by atoms with Gasteiger partial charge >= 0.3 is 5.97 Å². The third-order valence-electron chi connectivity index (χ3n) is 4.91. The molecule has 32 heavy (non-hydrogen) atoms. The van der Waals surface area contributed by atoms with Crippen LogP contribution in [0.2, 0.25) is 0 Å². The zero-order chi connectivity index (χ0) is 22.6. The number of hydrogen-bond acceptors (Lipinski definition) is 6. The van der Waals surface area contributed by atoms with Crippen molar-refractivity contribution in [2.45, 2.75) is 23.2 Å². The molecule has 0 aliphatic carbocycles. The molecule has 3 aromatic rings. The summed E-state index contributed by atoms with van der Waals surface area (Å²) >= 11 is 1.10. The Morgan fingerprint density at radius 2 is 1.62 bits per heavy atom. The highest BCUT2D eigenvalue weighted by molar-refractivity contribution is 8.16. The number of sulfonamides is 1. The van der Waals surface area contributed by atoms with E-state index in [9.17, 15) is 13.2 Å². The Kier molecular flexibility index (Phi) is 6.62. The van der Waals surface area contributed by atoms with Crippen molar-refractivity contribution >= 4 is 32.8 Å². The zero-order valence-corrected chi connectivity index (χ0v) is 18.9. The number of carbonyl (C=O) groups is 1. The summed E-state index contributed by atoms with van der Waals surface area (Å²) in [7, 11) is -2.43. The number of methoxy groups -OCH3 is 1. The number of carbonyl (C=O) groups excluding carboxylic acids is 1. The second-order valence-electron chi connectivity index (χ2n) is 7.12. The van der Waals surface area contributed by atoms with E-state index in [0.29, 0.717) is 23.6 Å². The molecule has 0 radical (unpaired) electrons. The minimum Gasteiger partial charge on any atom is -0.489 e. The SMILES string of the molecule is COC(=O)C(Cc1ccc(OCc2ccccc2)cc1)SC1=NS(=O)(=O)c2ccccc21. The third kappa shape index (κ3) is 5.03. The number of rotatable bonds is 7. The van der Waals surface area contributed by atoms with Gasteiger partial charge in [0.2, 0.25) is 0 Å². The van der Waals surface area contributed by atoms with Crippen LogP contribution in [0.25, 0.3) is 0 Å². The fraction of sp³-hybridized carbons (Fsp3) is 0.167. The average molecular weight is 468 g/mol. The molecule has 8 heteroatoms. The Hall–Kier alpha value is -3.10. The van der Waals surface area contributed by atoms with Crippen LogP contribution in [0, 0.1) is 0 Å². The first-order valence-corrected chi connectivity index (χ1v) is 12.2. The van der Waals surface area contributed by atoms with Gasteiger partial charge in [-0.25, -0.2) is 0 Å². The molecule has 1 heterocycles. The lowest BCUT2D eigenvalue weighted by Crippen LogP contribution is -2.23. The van der Waals surface area contributed by atoms with Gasteiger partial charge in [0.25, 0.3) is 10.0 Å². The summed E-state index contributed by atoms with van der Waals surface area (Å²) in [4.78, 5) is 12.6. The summed E-state index contributed by atoms with van der Waals surface area (Å²) in [6.45, 7) is 0.467. The van der Waals surface area contributed by atoms with Crippen molar-refractivity contribution in [3.05, 3.63) is 95.6 Å². The molecule has 0 aromatic heterocycles. The van der Waals surface area contributed by atoms with Crippen LogP contribution in [0.4, 0.5) is 0 Å². The highest BCUT2D eigenvalue weighted by atomic mass is 32.2. The van der Waals surface area contributed by atoms with Crippen molar-refractivity contribution in [1.82, 2.24) is 0 Å². The number of hydrogen-bond donors (Lipinski definition) is 0. The second-order valence-corrected chi connectivity index (χ2v) is 9.88. The van der Waals surface area contributed by atoms with Gasteiger partial charge in [-0.3, -0.25) is 4.79 Å². The summed E-state index contributed by atoms with van der Waals surface area (Å²) in [5, 5.41) is -0.338. The van der Waals surface area contributed by atoms with Gasteiger partial charge in [0.05, 0.1) is 12.0 Å². The summed E-state index contributed by atoms with van der Waals surface area (Å²) in [5.41, 5.74) is 2.48. The number of thioether (sulfide) groups is 1. The highest BCUT2D eigenvalue weighted by Gasteiger charge is 2.32. The molecule has 0 amide bonds. The normalized spacial score (nSPS) is 14.8. The maximum Gasteiger partial charge on any atom is 0.319 e. The summed E-state index contributed by atoms with van der Waals surface area (Å²) in [6, 6.07) is 24.0. The lowest BCUT2D eigenvalue weighted by molar-refractivity contribution is -0.139. The van der Waals surface area contributed by atoms with Crippen LogP contribution >= 0.6 is 11.8 Å². The quantitative estimate of drug-likeness (QED) is 0.484. The zero-order valence-electron chi connectivity index (χ0n) is 17.3. The summed E-state index contributed by atoms with van der Waals surface area (Å²) < 4.78 is 39.3. The first-order valence-electron chi connectivity index (χ1n) is 9.91. The van der Waals surface area contributed by atoms with Crippen LogP contribution in [0.1, 0.15) is 16.7 Å². The number of nitrogens with zero attached hydrogens (tertiary/aromatic N) is 1. The highest BCUT2D eigenvalue weighted by Crippen LogP contribution is 2.33. The van der Waals surface area contributed by atoms with E-state index in [1.165, 1.54) is 13.2 Å². The second kappa shape index (κ2) is 9.58. The third-order valence-corrected chi connectivity index (χ3v) is 7.54. The molecule has 1 unspecified atom stereocenters. The fourth-order valence-corrected chi connectivity index (χ4v) is 5.96. The lowest BCUT2D eigenvalue weighted by atomic mass is 10.1. The molecule has 0 saturated carbocycles. The van der Waals surface area contributed by atoms with E-state index < -0.39 is 21.2 Å². The van der Waals surface area contributed by atoms with Gasteiger partial charge in [-0.1, -0.05) is 72.4 Å². The van der Waals surface area contributed by atoms with E-state index >= 15 is 0 Å². The van der Waals surface area contributed by atoms with Crippen LogP contribution in [0.3, 0.4) is 0 Å². The van der Waals surface area contributed by atoms with E-state index in [0.717, 1.165) is 28.6 Å². The van der Waals surface area contributed by atoms with Crippen LogP contribution in [-0.4, -0.2) is 31.8 Å². The average Bonchev–Trinajstić information content (AvgIpc) is 3.08. The minimum atomic E-state index is -3.74. The minimum absolute atomic E-state index is 0.158. The molecule has 1 aliphatic heterocycles. The Morgan fingerprint density at radius 3 is 2.34 bits per heavy atom. The Bertz CT molecular complexity index is 1240. The molecule has 1 aliphatic rings. The van der Waals surface area contributed by atoms with Crippen molar-refractivity contribution in [2.24, 2.45) is 4.40 Å². The summed E-state index contributed by atoms with van der Waals surface area (Å²) in [6.07, 6.45) is 0.359. The lowest BCUT2D eigenvalue weighted by Gasteiger charge is -2.15. The van der Waals surface area contributed by atoms with Gasteiger partial charge in [0, 0.05) is 5.56 Å². The van der Waals surface area contributed by atoms with Crippen molar-refractivity contribution in [3.63, 3.8) is 0 Å². The Morgan fingerprint density at radius 1 is 0.938 bits per heavy atom. The van der Waals surface area contributed by atoms with Gasteiger partial charge in [-0.05, 0) is 35.7 Å². The smallest absolute Gasteiger partial charge is 0.319 e. The van der Waals surface area contributed by atoms with Gasteiger partial charge in [-0.15, -0.1) is 0 Å². The first kappa shape index (κ1) is 22.1. The van der Waals surface area contributed by atoms with Gasteiger partial charge in [0.15, 0.2) is 0 Å². The number of fused-ring (bicyclic) bond motifs is 1. The van der Waals surface area contributed by atoms with E-state index in [1.807, 2.05) is 54.6 Å². The van der Waals surface area contributed by atoms with Crippen LogP contribution in [-0.2, 0) is 32.6 Å². The van der Waals surface area contributed by atoms with E-state index in [1.54, 1.807) is 18.2 Å². The molecular formula is C24H21NO5S2. The molecule has 1 atom stereocenters. The van der Waals surface area contributed by atoms with Crippen molar-refractivity contribution in [2.75, 3.05) is 7.11 Å². The van der Waals surface area contributed by atoms with Crippen LogP contribution < -0.4 is 4.74 Å². The van der Waals surface area contributed by atoms with Gasteiger partial charge in [-0.2, -0.15) is 12.8 Å². The van der Waals surface area contributed by atoms with E-state index in [-0.39, 0.29) is 4.90 Å². The Labute approximate surface area is 191 Å². The molecule has 0 N–H and O–H groups in total. The first-order chi connectivity index (χ1) is 15.5. The van der Waals surface area contributed by atoms with Crippen LogP contribution in [0.15, 0.2) is 88.2 Å². The van der Waals surface area contributed by atoms with Crippen molar-refractivity contribution in [3.8, 4) is 5.75 Å². The number of esters is 1. The molecular weight excluding hydrogens is 446 g/mol. The Balaban J connectivity index is 1.46. The van der Waals surface area contributed by atoms with Gasteiger partial charge in [0.1, 0.15) is 22.7 Å². The van der Waals surface area contributed by atoms with Crippen LogP contribution in [0.5, 0.6) is 5.75 Å². The summed E-state index contributed by atoms with van der Waals surface area (Å²) in [5.74, 6) is 0.281. The molecule has 4 rings (SSSR count). The predicted molar refractivity (Wildman–Crippen MR) is 124 cm³/mol. The van der Waals surface area contributed by atoms with Crippen molar-refractivity contribution in [1.29, 1.82) is 0 Å². The monoisotopic (exact) mass is 467 g/mol. The van der Waals surface area contributed by atoms with Crippen molar-refractivity contribution < 1.29 is 22.7 Å². The van der Waals surface area contributed by atoms with E-state index in [2.05, 4.69) is 4.40 Å². The molecule has 164 valence electrons. The topological polar surface area (TPSA) is 82.0 Å². The standard InChI is InChI=1S/C24H21NO5S2/c1-29-24(26)21(31-23-20-9-5-6-10-22(20)32(27,28)25-23)15-17-11-13-19(14-12-17)30-16-18-7-3-2-4-8-18/h2-14,21H,15-16H2,1H3. The molecule has 0 fully saturated rings. The molecule has 0 saturated heterocycles. The predicted octanol–water partition coefficient (Wildman–Crippen LogP) is 4.23. The number of benzene rings is 3. The molecule has 6 nitrogen and oxygen atoms in total. The molecule has 3 aromatic carbocycles.